The van der Waals surface area contributed by atoms with Crippen LogP contribution >= 0.6 is 0 Å². The number of hydrogen-bond donors (Lipinski definition) is 1. The van der Waals surface area contributed by atoms with Crippen molar-refractivity contribution < 1.29 is 4.79 Å². The summed E-state index contributed by atoms with van der Waals surface area (Å²) >= 11 is 0. The molecule has 1 amide bonds. The second kappa shape index (κ2) is 4.41. The Morgan fingerprint density at radius 1 is 1.39 bits per heavy atom. The first-order valence-electron chi connectivity index (χ1n) is 6.35. The van der Waals surface area contributed by atoms with Crippen molar-refractivity contribution in [2.75, 3.05) is 0 Å². The van der Waals surface area contributed by atoms with E-state index in [0.717, 1.165) is 24.1 Å². The molecule has 1 aromatic rings. The first kappa shape index (κ1) is 11.2. The number of fused-ring (bicyclic) bond motifs is 1. The van der Waals surface area contributed by atoms with E-state index >= 15 is 0 Å². The number of amides is 1. The summed E-state index contributed by atoms with van der Waals surface area (Å²) in [5.41, 5.74) is 5.48. The lowest BCUT2D eigenvalue weighted by Crippen LogP contribution is -2.35. The normalized spacial score (nSPS) is 26.8. The van der Waals surface area contributed by atoms with E-state index < -0.39 is 0 Å². The van der Waals surface area contributed by atoms with E-state index in [2.05, 4.69) is 22.7 Å². The highest BCUT2D eigenvalue weighted by Crippen LogP contribution is 2.40. The molecule has 0 radical (unpaired) electrons. The Balaban J connectivity index is 1.66. The lowest BCUT2D eigenvalue weighted by molar-refractivity contribution is 0.0953. The topological polar surface area (TPSA) is 41.5 Å². The highest BCUT2D eigenvalue weighted by atomic mass is 16.2. The molecular formula is C15H16N2O. The minimum atomic E-state index is -0.116. The van der Waals surface area contributed by atoms with Gasteiger partial charge in [0.15, 0.2) is 0 Å². The van der Waals surface area contributed by atoms with Crippen molar-refractivity contribution in [2.24, 2.45) is 16.9 Å². The zero-order valence-corrected chi connectivity index (χ0v) is 10.4. The fraction of sp³-hybridized carbons (Fsp3) is 0.333. The van der Waals surface area contributed by atoms with Crippen molar-refractivity contribution in [3.05, 3.63) is 47.5 Å². The maximum Gasteiger partial charge on any atom is 0.271 e. The van der Waals surface area contributed by atoms with Crippen molar-refractivity contribution in [3.8, 4) is 0 Å². The fourth-order valence-electron chi connectivity index (χ4n) is 2.67. The first-order valence-corrected chi connectivity index (χ1v) is 6.35. The highest BCUT2D eigenvalue weighted by Gasteiger charge is 2.37. The molecule has 1 fully saturated rings. The third-order valence-corrected chi connectivity index (χ3v) is 3.85. The summed E-state index contributed by atoms with van der Waals surface area (Å²) in [4.78, 5) is 12.0. The standard InChI is InChI=1S/C15H16N2O/c1-10-5-2-3-7-12(10)15(18)17-16-14-9-11-6-4-8-13(11)14/h2-7,11,13H,8-9H2,1H3,(H,17,18)/b16-14-/t11-,13-/m0/s1. The molecule has 92 valence electrons. The van der Waals surface area contributed by atoms with Gasteiger partial charge in [0.1, 0.15) is 0 Å². The maximum atomic E-state index is 12.0. The molecule has 3 nitrogen and oxygen atoms in total. The molecule has 1 saturated carbocycles. The van der Waals surface area contributed by atoms with Crippen LogP contribution in [0.15, 0.2) is 41.5 Å². The van der Waals surface area contributed by atoms with Crippen molar-refractivity contribution in [3.63, 3.8) is 0 Å². The molecule has 2 aliphatic rings. The molecule has 2 atom stereocenters. The van der Waals surface area contributed by atoms with Gasteiger partial charge < -0.3 is 0 Å². The Morgan fingerprint density at radius 3 is 3.00 bits per heavy atom. The molecule has 0 aromatic heterocycles. The number of nitrogens with one attached hydrogen (secondary N) is 1. The van der Waals surface area contributed by atoms with Crippen molar-refractivity contribution >= 4 is 11.6 Å². The zero-order valence-electron chi connectivity index (χ0n) is 10.4. The van der Waals surface area contributed by atoms with E-state index in [1.807, 2.05) is 31.2 Å². The first-order chi connectivity index (χ1) is 8.75. The van der Waals surface area contributed by atoms with Crippen LogP contribution in [-0.4, -0.2) is 11.6 Å². The molecule has 18 heavy (non-hydrogen) atoms. The van der Waals surface area contributed by atoms with Gasteiger partial charge in [0.05, 0.1) is 0 Å². The Kier molecular flexibility index (Phi) is 2.74. The second-order valence-corrected chi connectivity index (χ2v) is 5.00. The number of aryl methyl sites for hydroxylation is 1. The molecule has 3 rings (SSSR count). The quantitative estimate of drug-likeness (QED) is 0.626. The van der Waals surface area contributed by atoms with E-state index in [0.29, 0.717) is 17.4 Å². The minimum absolute atomic E-state index is 0.116. The molecule has 0 spiro atoms. The van der Waals surface area contributed by atoms with Gasteiger partial charge in [-0.2, -0.15) is 5.10 Å². The number of allylic oxidation sites excluding steroid dienone is 2. The summed E-state index contributed by atoms with van der Waals surface area (Å²) in [6.45, 7) is 1.93. The Hall–Kier alpha value is -1.90. The predicted octanol–water partition coefficient (Wildman–Crippen LogP) is 2.68. The number of hydrazone groups is 1. The summed E-state index contributed by atoms with van der Waals surface area (Å²) in [5, 5.41) is 4.27. The van der Waals surface area contributed by atoms with Crippen molar-refractivity contribution in [1.82, 2.24) is 5.43 Å². The van der Waals surface area contributed by atoms with E-state index in [4.69, 9.17) is 0 Å². The monoisotopic (exact) mass is 240 g/mol. The second-order valence-electron chi connectivity index (χ2n) is 5.00. The molecule has 2 aliphatic carbocycles. The van der Waals surface area contributed by atoms with Gasteiger partial charge in [-0.25, -0.2) is 5.43 Å². The smallest absolute Gasteiger partial charge is 0.267 e. The molecule has 0 aliphatic heterocycles. The third-order valence-electron chi connectivity index (χ3n) is 3.85. The summed E-state index contributed by atoms with van der Waals surface area (Å²) in [7, 11) is 0. The van der Waals surface area contributed by atoms with Gasteiger partial charge in [0.2, 0.25) is 0 Å². The van der Waals surface area contributed by atoms with Gasteiger partial charge in [-0.05, 0) is 37.3 Å². The zero-order chi connectivity index (χ0) is 12.5. The Labute approximate surface area is 107 Å². The molecule has 0 heterocycles. The third kappa shape index (κ3) is 1.86. The molecular weight excluding hydrogens is 224 g/mol. The number of benzene rings is 1. The van der Waals surface area contributed by atoms with Gasteiger partial charge in [0.25, 0.3) is 5.91 Å². The Morgan fingerprint density at radius 2 is 2.22 bits per heavy atom. The van der Waals surface area contributed by atoms with Gasteiger partial charge in [-0.1, -0.05) is 30.4 Å². The molecule has 0 unspecified atom stereocenters. The number of nitrogens with zero attached hydrogens (tertiary/aromatic N) is 1. The van der Waals surface area contributed by atoms with Crippen LogP contribution in [0.4, 0.5) is 0 Å². The van der Waals surface area contributed by atoms with Crippen LogP contribution in [0.25, 0.3) is 0 Å². The largest absolute Gasteiger partial charge is 0.271 e. The SMILES string of the molecule is Cc1ccccc1C(=O)N/N=C1/C[C@@H]2C=CC[C@H]12. The van der Waals surface area contributed by atoms with Gasteiger partial charge in [-0.3, -0.25) is 4.79 Å². The Bertz CT molecular complexity index is 545. The minimum Gasteiger partial charge on any atom is -0.267 e. The van der Waals surface area contributed by atoms with Crippen LogP contribution in [0.3, 0.4) is 0 Å². The van der Waals surface area contributed by atoms with E-state index in [-0.39, 0.29) is 5.91 Å². The van der Waals surface area contributed by atoms with E-state index in [1.54, 1.807) is 0 Å². The van der Waals surface area contributed by atoms with Gasteiger partial charge in [-0.15, -0.1) is 0 Å². The average Bonchev–Trinajstić information content (AvgIpc) is 2.71. The molecule has 1 aromatic carbocycles. The lowest BCUT2D eigenvalue weighted by atomic mass is 9.74. The van der Waals surface area contributed by atoms with Crippen molar-refractivity contribution in [2.45, 2.75) is 19.8 Å². The maximum absolute atomic E-state index is 12.0. The summed E-state index contributed by atoms with van der Waals surface area (Å²) in [6, 6.07) is 7.56. The van der Waals surface area contributed by atoms with Crippen LogP contribution in [0, 0.1) is 18.8 Å². The van der Waals surface area contributed by atoms with E-state index in [9.17, 15) is 4.79 Å². The van der Waals surface area contributed by atoms with Crippen LogP contribution < -0.4 is 5.43 Å². The summed E-state index contributed by atoms with van der Waals surface area (Å²) in [5.74, 6) is 1.09. The van der Waals surface area contributed by atoms with Crippen LogP contribution in [0.2, 0.25) is 0 Å². The highest BCUT2D eigenvalue weighted by molar-refractivity contribution is 5.98. The van der Waals surface area contributed by atoms with Crippen LogP contribution in [0.1, 0.15) is 28.8 Å². The molecule has 3 heteroatoms. The number of hydrogen-bond acceptors (Lipinski definition) is 2. The summed E-state index contributed by atoms with van der Waals surface area (Å²) in [6.07, 6.45) is 6.53. The van der Waals surface area contributed by atoms with Crippen molar-refractivity contribution in [1.29, 1.82) is 0 Å². The predicted molar refractivity (Wildman–Crippen MR) is 71.4 cm³/mol. The summed E-state index contributed by atoms with van der Waals surface area (Å²) < 4.78 is 0. The average molecular weight is 240 g/mol. The number of carbonyl (C=O) groups excluding carboxylic acids is 1. The van der Waals surface area contributed by atoms with E-state index in [1.165, 1.54) is 0 Å². The molecule has 1 N–H and O–H groups in total. The van der Waals surface area contributed by atoms with Crippen LogP contribution in [0.5, 0.6) is 0 Å². The van der Waals surface area contributed by atoms with Crippen LogP contribution in [-0.2, 0) is 0 Å². The fourth-order valence-corrected chi connectivity index (χ4v) is 2.67. The van der Waals surface area contributed by atoms with Gasteiger partial charge in [0, 0.05) is 17.2 Å². The van der Waals surface area contributed by atoms with Gasteiger partial charge >= 0.3 is 0 Å². The molecule has 0 saturated heterocycles. The molecule has 0 bridgehead atoms. The number of rotatable bonds is 2. The number of carbonyl (C=O) groups is 1. The lowest BCUT2D eigenvalue weighted by Gasteiger charge is -2.31.